The fourth-order valence-corrected chi connectivity index (χ4v) is 1.35. The van der Waals surface area contributed by atoms with Crippen molar-refractivity contribution >= 4 is 5.97 Å². The molecule has 1 atom stereocenters. The van der Waals surface area contributed by atoms with Crippen molar-refractivity contribution in [1.29, 1.82) is 0 Å². The summed E-state index contributed by atoms with van der Waals surface area (Å²) in [4.78, 5) is 10.7. The Morgan fingerprint density at radius 1 is 1.62 bits per heavy atom. The number of furan rings is 1. The molecule has 0 amide bonds. The van der Waals surface area contributed by atoms with Crippen molar-refractivity contribution < 1.29 is 19.4 Å². The quantitative estimate of drug-likeness (QED) is 0.741. The second kappa shape index (κ2) is 2.88. The Labute approximate surface area is 74.8 Å². The van der Waals surface area contributed by atoms with Crippen LogP contribution in [0.25, 0.3) is 0 Å². The molecule has 1 aliphatic carbocycles. The second-order valence-corrected chi connectivity index (χ2v) is 3.29. The van der Waals surface area contributed by atoms with Gasteiger partial charge in [-0.25, -0.2) is 4.79 Å². The Balaban J connectivity index is 2.27. The van der Waals surface area contributed by atoms with E-state index in [2.05, 4.69) is 0 Å². The summed E-state index contributed by atoms with van der Waals surface area (Å²) in [5.41, 5.74) is 0.0689. The van der Waals surface area contributed by atoms with Crippen LogP contribution >= 0.6 is 0 Å². The molecule has 1 heterocycles. The van der Waals surface area contributed by atoms with Crippen molar-refractivity contribution in [3.8, 4) is 0 Å². The number of hydrogen-bond donors (Lipinski definition) is 2. The van der Waals surface area contributed by atoms with E-state index in [0.29, 0.717) is 0 Å². The van der Waals surface area contributed by atoms with Crippen molar-refractivity contribution in [2.45, 2.75) is 18.9 Å². The minimum Gasteiger partial charge on any atom is -0.478 e. The molecular formula is C9H10O4. The molecule has 4 nitrogen and oxygen atoms in total. The van der Waals surface area contributed by atoms with E-state index in [1.54, 1.807) is 0 Å². The van der Waals surface area contributed by atoms with Crippen LogP contribution in [0, 0.1) is 5.92 Å². The third-order valence-electron chi connectivity index (χ3n) is 2.26. The van der Waals surface area contributed by atoms with Gasteiger partial charge in [0.2, 0.25) is 0 Å². The highest BCUT2D eigenvalue weighted by molar-refractivity contribution is 5.88. The Morgan fingerprint density at radius 2 is 2.31 bits per heavy atom. The molecular weight excluding hydrogens is 172 g/mol. The Bertz CT molecular complexity index is 324. The van der Waals surface area contributed by atoms with Crippen LogP contribution in [0.2, 0.25) is 0 Å². The summed E-state index contributed by atoms with van der Waals surface area (Å²) in [5.74, 6) is -0.678. The molecule has 2 N–H and O–H groups in total. The summed E-state index contributed by atoms with van der Waals surface area (Å²) < 4.78 is 4.96. The molecule has 70 valence electrons. The maximum absolute atomic E-state index is 10.7. The number of aromatic carboxylic acids is 1. The van der Waals surface area contributed by atoms with Gasteiger partial charge in [0.15, 0.2) is 0 Å². The zero-order chi connectivity index (χ0) is 9.42. The molecule has 1 saturated carbocycles. The first-order valence-electron chi connectivity index (χ1n) is 4.19. The van der Waals surface area contributed by atoms with Gasteiger partial charge >= 0.3 is 5.97 Å². The molecule has 1 fully saturated rings. The Kier molecular flexibility index (Phi) is 1.84. The van der Waals surface area contributed by atoms with Gasteiger partial charge < -0.3 is 14.6 Å². The molecule has 1 unspecified atom stereocenters. The number of carboxylic acids is 1. The summed E-state index contributed by atoms with van der Waals surface area (Å²) in [6.07, 6.45) is 2.44. The number of aliphatic hydroxyl groups is 1. The van der Waals surface area contributed by atoms with Crippen LogP contribution in [0.5, 0.6) is 0 Å². The predicted molar refractivity (Wildman–Crippen MR) is 43.4 cm³/mol. The first kappa shape index (κ1) is 8.31. The summed E-state index contributed by atoms with van der Waals surface area (Å²) in [6.45, 7) is 0. The molecule has 4 heteroatoms. The number of carboxylic acid groups (broad SMARTS) is 1. The first-order chi connectivity index (χ1) is 6.20. The van der Waals surface area contributed by atoms with Crippen LogP contribution in [0.15, 0.2) is 16.7 Å². The van der Waals surface area contributed by atoms with Crippen molar-refractivity contribution in [1.82, 2.24) is 0 Å². The zero-order valence-corrected chi connectivity index (χ0v) is 6.93. The average molecular weight is 182 g/mol. The van der Waals surface area contributed by atoms with Gasteiger partial charge in [0.05, 0.1) is 6.26 Å². The van der Waals surface area contributed by atoms with Gasteiger partial charge in [-0.15, -0.1) is 0 Å². The molecule has 0 radical (unpaired) electrons. The van der Waals surface area contributed by atoms with Gasteiger partial charge in [0, 0.05) is 0 Å². The Morgan fingerprint density at radius 3 is 2.85 bits per heavy atom. The van der Waals surface area contributed by atoms with Gasteiger partial charge in [-0.2, -0.15) is 0 Å². The highest BCUT2D eigenvalue weighted by Gasteiger charge is 2.35. The maximum Gasteiger partial charge on any atom is 0.339 e. The highest BCUT2D eigenvalue weighted by Crippen LogP contribution is 2.41. The van der Waals surface area contributed by atoms with Crippen LogP contribution in [0.3, 0.4) is 0 Å². The van der Waals surface area contributed by atoms with Crippen LogP contribution < -0.4 is 0 Å². The lowest BCUT2D eigenvalue weighted by Gasteiger charge is -2.05. The van der Waals surface area contributed by atoms with E-state index in [9.17, 15) is 9.90 Å². The van der Waals surface area contributed by atoms with Crippen LogP contribution in [-0.2, 0) is 0 Å². The lowest BCUT2D eigenvalue weighted by atomic mass is 10.1. The molecule has 0 bridgehead atoms. The van der Waals surface area contributed by atoms with E-state index in [4.69, 9.17) is 9.52 Å². The zero-order valence-electron chi connectivity index (χ0n) is 6.93. The molecule has 1 aromatic rings. The predicted octanol–water partition coefficient (Wildman–Crippen LogP) is 1.42. The van der Waals surface area contributed by atoms with Gasteiger partial charge in [-0.05, 0) is 24.8 Å². The smallest absolute Gasteiger partial charge is 0.339 e. The van der Waals surface area contributed by atoms with Crippen LogP contribution in [-0.4, -0.2) is 16.2 Å². The lowest BCUT2D eigenvalue weighted by molar-refractivity contribution is 0.0678. The topological polar surface area (TPSA) is 70.7 Å². The minimum absolute atomic E-state index is 0.0689. The fourth-order valence-electron chi connectivity index (χ4n) is 1.35. The normalized spacial score (nSPS) is 18.5. The lowest BCUT2D eigenvalue weighted by Crippen LogP contribution is -2.05. The van der Waals surface area contributed by atoms with E-state index in [0.717, 1.165) is 12.8 Å². The fraction of sp³-hybridized carbons (Fsp3) is 0.444. The first-order valence-corrected chi connectivity index (χ1v) is 4.19. The van der Waals surface area contributed by atoms with E-state index in [-0.39, 0.29) is 17.2 Å². The molecule has 0 spiro atoms. The van der Waals surface area contributed by atoms with Gasteiger partial charge in [-0.1, -0.05) is 0 Å². The van der Waals surface area contributed by atoms with Crippen LogP contribution in [0.1, 0.15) is 35.1 Å². The maximum atomic E-state index is 10.7. The van der Waals surface area contributed by atoms with Crippen molar-refractivity contribution in [2.75, 3.05) is 0 Å². The third-order valence-corrected chi connectivity index (χ3v) is 2.26. The monoisotopic (exact) mass is 182 g/mol. The largest absolute Gasteiger partial charge is 0.478 e. The molecule has 1 aromatic heterocycles. The summed E-state index contributed by atoms with van der Waals surface area (Å²) in [6, 6.07) is 1.36. The SMILES string of the molecule is O=C(O)c1ccoc1C(O)C1CC1. The van der Waals surface area contributed by atoms with Gasteiger partial charge in [-0.3, -0.25) is 0 Å². The van der Waals surface area contributed by atoms with E-state index in [1.165, 1.54) is 12.3 Å². The van der Waals surface area contributed by atoms with E-state index in [1.807, 2.05) is 0 Å². The summed E-state index contributed by atoms with van der Waals surface area (Å²) in [5, 5.41) is 18.4. The molecule has 13 heavy (non-hydrogen) atoms. The Hall–Kier alpha value is -1.29. The van der Waals surface area contributed by atoms with Crippen molar-refractivity contribution in [3.05, 3.63) is 23.7 Å². The molecule has 0 aromatic carbocycles. The number of aliphatic hydroxyl groups excluding tert-OH is 1. The number of hydrogen-bond acceptors (Lipinski definition) is 3. The summed E-state index contributed by atoms with van der Waals surface area (Å²) >= 11 is 0. The number of rotatable bonds is 3. The van der Waals surface area contributed by atoms with Crippen LogP contribution in [0.4, 0.5) is 0 Å². The minimum atomic E-state index is -1.05. The molecule has 0 saturated heterocycles. The van der Waals surface area contributed by atoms with E-state index >= 15 is 0 Å². The van der Waals surface area contributed by atoms with Crippen molar-refractivity contribution in [3.63, 3.8) is 0 Å². The van der Waals surface area contributed by atoms with Gasteiger partial charge in [0.1, 0.15) is 17.4 Å². The molecule has 0 aliphatic heterocycles. The average Bonchev–Trinajstić information content (AvgIpc) is 2.80. The van der Waals surface area contributed by atoms with E-state index < -0.39 is 12.1 Å². The highest BCUT2D eigenvalue weighted by atomic mass is 16.4. The second-order valence-electron chi connectivity index (χ2n) is 3.29. The standard InChI is InChI=1S/C9H10O4/c10-7(5-1-2-5)8-6(9(11)12)3-4-13-8/h3-5,7,10H,1-2H2,(H,11,12). The molecule has 2 rings (SSSR count). The summed E-state index contributed by atoms with van der Waals surface area (Å²) in [7, 11) is 0. The number of carbonyl (C=O) groups is 1. The van der Waals surface area contributed by atoms with Gasteiger partial charge in [0.25, 0.3) is 0 Å². The molecule has 1 aliphatic rings. The third kappa shape index (κ3) is 1.45. The van der Waals surface area contributed by atoms with Crippen molar-refractivity contribution in [2.24, 2.45) is 5.92 Å².